The highest BCUT2D eigenvalue weighted by atomic mass is 35.5. The Morgan fingerprint density at radius 1 is 1.47 bits per heavy atom. The second-order valence-corrected chi connectivity index (χ2v) is 4.24. The van der Waals surface area contributed by atoms with Gasteiger partial charge in [-0.05, 0) is 17.0 Å². The highest BCUT2D eigenvalue weighted by Gasteiger charge is 2.17. The third-order valence-electron chi connectivity index (χ3n) is 2.63. The summed E-state index contributed by atoms with van der Waals surface area (Å²) < 4.78 is 4.61. The van der Waals surface area contributed by atoms with Crippen molar-refractivity contribution in [2.75, 3.05) is 7.11 Å². The van der Waals surface area contributed by atoms with Crippen LogP contribution in [-0.2, 0) is 16.0 Å². The van der Waals surface area contributed by atoms with E-state index in [1.165, 1.54) is 7.11 Å². The van der Waals surface area contributed by atoms with Gasteiger partial charge in [0.15, 0.2) is 0 Å². The number of methoxy groups -OCH3 is 1. The number of carbonyl (C=O) groups is 1. The fourth-order valence-corrected chi connectivity index (χ4v) is 2.01. The lowest BCUT2D eigenvalue weighted by Gasteiger charge is -2.09. The first-order chi connectivity index (χ1) is 8.22. The third-order valence-corrected chi connectivity index (χ3v) is 2.96. The van der Waals surface area contributed by atoms with Crippen molar-refractivity contribution in [1.82, 2.24) is 4.98 Å². The van der Waals surface area contributed by atoms with Crippen LogP contribution in [0, 0.1) is 0 Å². The third kappa shape index (κ3) is 2.56. The molecule has 2 aromatic rings. The molecule has 4 heteroatoms. The maximum absolute atomic E-state index is 11.3. The largest absolute Gasteiger partial charge is 0.468 e. The van der Waals surface area contributed by atoms with Gasteiger partial charge in [-0.1, -0.05) is 18.2 Å². The van der Waals surface area contributed by atoms with Gasteiger partial charge in [-0.2, -0.15) is 0 Å². The first kappa shape index (κ1) is 11.9. The van der Waals surface area contributed by atoms with Gasteiger partial charge in [0.1, 0.15) is 5.38 Å². The molecule has 1 aromatic heterocycles. The van der Waals surface area contributed by atoms with Crippen molar-refractivity contribution in [1.29, 1.82) is 0 Å². The number of fused-ring (bicyclic) bond motifs is 1. The molecule has 0 bridgehead atoms. The van der Waals surface area contributed by atoms with E-state index in [2.05, 4.69) is 9.72 Å². The van der Waals surface area contributed by atoms with Crippen LogP contribution in [0.1, 0.15) is 5.56 Å². The highest BCUT2D eigenvalue weighted by Crippen LogP contribution is 2.20. The molecule has 3 nitrogen and oxygen atoms in total. The van der Waals surface area contributed by atoms with Gasteiger partial charge < -0.3 is 4.74 Å². The fraction of sp³-hybridized carbons (Fsp3) is 0.231. The van der Waals surface area contributed by atoms with Gasteiger partial charge >= 0.3 is 5.97 Å². The Morgan fingerprint density at radius 3 is 3.06 bits per heavy atom. The molecule has 0 aliphatic carbocycles. The summed E-state index contributed by atoms with van der Waals surface area (Å²) in [6, 6.07) is 7.82. The minimum absolute atomic E-state index is 0.410. The standard InChI is InChI=1S/C13H12ClNO2/c1-17-13(16)12(14)7-10-4-2-3-9-5-6-15-8-11(9)10/h2-6,8,12H,7H2,1H3. The number of hydrogen-bond donors (Lipinski definition) is 0. The molecule has 1 atom stereocenters. The number of esters is 1. The average molecular weight is 250 g/mol. The van der Waals surface area contributed by atoms with E-state index >= 15 is 0 Å². The Hall–Kier alpha value is -1.61. The summed E-state index contributed by atoms with van der Waals surface area (Å²) in [5.41, 5.74) is 1.00. The lowest BCUT2D eigenvalue weighted by atomic mass is 10.0. The summed E-state index contributed by atoms with van der Waals surface area (Å²) in [5, 5.41) is 1.45. The van der Waals surface area contributed by atoms with Gasteiger partial charge in [0, 0.05) is 24.2 Å². The van der Waals surface area contributed by atoms with Gasteiger partial charge in [-0.3, -0.25) is 9.78 Å². The van der Waals surface area contributed by atoms with Crippen LogP contribution < -0.4 is 0 Å². The zero-order valence-electron chi connectivity index (χ0n) is 9.39. The second-order valence-electron chi connectivity index (χ2n) is 3.71. The summed E-state index contributed by atoms with van der Waals surface area (Å²) >= 11 is 5.97. The van der Waals surface area contributed by atoms with Crippen LogP contribution in [0.2, 0.25) is 0 Å². The molecule has 0 aliphatic rings. The molecule has 2 rings (SSSR count). The Balaban J connectivity index is 2.33. The number of pyridine rings is 1. The van der Waals surface area contributed by atoms with Crippen molar-refractivity contribution >= 4 is 28.3 Å². The predicted octanol–water partition coefficient (Wildman–Crippen LogP) is 2.56. The Kier molecular flexibility index (Phi) is 3.59. The Bertz CT molecular complexity index is 536. The van der Waals surface area contributed by atoms with Crippen molar-refractivity contribution in [2.24, 2.45) is 0 Å². The number of alkyl halides is 1. The van der Waals surface area contributed by atoms with E-state index in [4.69, 9.17) is 11.6 Å². The summed E-state index contributed by atoms with van der Waals surface area (Å²) in [5.74, 6) is -0.410. The van der Waals surface area contributed by atoms with Crippen molar-refractivity contribution in [3.8, 4) is 0 Å². The van der Waals surface area contributed by atoms with E-state index in [-0.39, 0.29) is 0 Å². The van der Waals surface area contributed by atoms with Crippen LogP contribution in [0.4, 0.5) is 0 Å². The van der Waals surface area contributed by atoms with E-state index in [9.17, 15) is 4.79 Å². The summed E-state index contributed by atoms with van der Waals surface area (Å²) in [6.45, 7) is 0. The monoisotopic (exact) mass is 249 g/mol. The summed E-state index contributed by atoms with van der Waals surface area (Å²) in [6.07, 6.45) is 3.97. The number of aromatic nitrogens is 1. The lowest BCUT2D eigenvalue weighted by Crippen LogP contribution is -2.18. The number of ether oxygens (including phenoxy) is 1. The molecule has 0 fully saturated rings. The molecular formula is C13H12ClNO2. The van der Waals surface area contributed by atoms with Crippen molar-refractivity contribution in [2.45, 2.75) is 11.8 Å². The van der Waals surface area contributed by atoms with Crippen molar-refractivity contribution in [3.05, 3.63) is 42.2 Å². The van der Waals surface area contributed by atoms with Gasteiger partial charge in [0.05, 0.1) is 7.11 Å². The highest BCUT2D eigenvalue weighted by molar-refractivity contribution is 6.30. The Labute approximate surface area is 104 Å². The van der Waals surface area contributed by atoms with E-state index in [1.54, 1.807) is 12.4 Å². The van der Waals surface area contributed by atoms with Crippen LogP contribution in [0.3, 0.4) is 0 Å². The quantitative estimate of drug-likeness (QED) is 0.620. The van der Waals surface area contributed by atoms with E-state index in [0.717, 1.165) is 16.3 Å². The molecule has 0 saturated heterocycles. The van der Waals surface area contributed by atoms with Gasteiger partial charge in [-0.15, -0.1) is 11.6 Å². The molecule has 0 radical (unpaired) electrons. The minimum atomic E-state index is -0.661. The molecule has 0 spiro atoms. The summed E-state index contributed by atoms with van der Waals surface area (Å²) in [4.78, 5) is 15.4. The molecule has 1 unspecified atom stereocenters. The molecule has 88 valence electrons. The predicted molar refractivity (Wildman–Crippen MR) is 67.1 cm³/mol. The minimum Gasteiger partial charge on any atom is -0.468 e. The Morgan fingerprint density at radius 2 is 2.29 bits per heavy atom. The molecule has 0 N–H and O–H groups in total. The van der Waals surface area contributed by atoms with Crippen LogP contribution in [0.25, 0.3) is 10.8 Å². The molecule has 17 heavy (non-hydrogen) atoms. The maximum Gasteiger partial charge on any atom is 0.324 e. The number of rotatable bonds is 3. The van der Waals surface area contributed by atoms with Crippen LogP contribution in [0.5, 0.6) is 0 Å². The first-order valence-electron chi connectivity index (χ1n) is 5.26. The van der Waals surface area contributed by atoms with E-state index in [0.29, 0.717) is 6.42 Å². The zero-order valence-corrected chi connectivity index (χ0v) is 10.1. The van der Waals surface area contributed by atoms with Gasteiger partial charge in [0.2, 0.25) is 0 Å². The lowest BCUT2D eigenvalue weighted by molar-refractivity contribution is -0.140. The molecule has 0 amide bonds. The van der Waals surface area contributed by atoms with Crippen LogP contribution in [-0.4, -0.2) is 23.4 Å². The second kappa shape index (κ2) is 5.15. The maximum atomic E-state index is 11.3. The average Bonchev–Trinajstić information content (AvgIpc) is 2.38. The molecule has 0 aliphatic heterocycles. The SMILES string of the molecule is COC(=O)C(Cl)Cc1cccc2ccncc12. The van der Waals surface area contributed by atoms with E-state index < -0.39 is 11.3 Å². The zero-order chi connectivity index (χ0) is 12.3. The molecule has 1 aromatic carbocycles. The van der Waals surface area contributed by atoms with Crippen LogP contribution in [0.15, 0.2) is 36.7 Å². The molecular weight excluding hydrogens is 238 g/mol. The van der Waals surface area contributed by atoms with Gasteiger partial charge in [0.25, 0.3) is 0 Å². The summed E-state index contributed by atoms with van der Waals surface area (Å²) in [7, 11) is 1.34. The number of nitrogens with zero attached hydrogens (tertiary/aromatic N) is 1. The number of hydrogen-bond acceptors (Lipinski definition) is 3. The smallest absolute Gasteiger partial charge is 0.324 e. The van der Waals surface area contributed by atoms with Gasteiger partial charge in [-0.25, -0.2) is 0 Å². The van der Waals surface area contributed by atoms with Crippen LogP contribution >= 0.6 is 11.6 Å². The first-order valence-corrected chi connectivity index (χ1v) is 5.69. The number of halogens is 1. The van der Waals surface area contributed by atoms with Crippen molar-refractivity contribution in [3.63, 3.8) is 0 Å². The molecule has 0 saturated carbocycles. The molecule has 1 heterocycles. The normalized spacial score (nSPS) is 12.4. The number of benzene rings is 1. The number of carbonyl (C=O) groups excluding carboxylic acids is 1. The van der Waals surface area contributed by atoms with E-state index in [1.807, 2.05) is 24.3 Å². The topological polar surface area (TPSA) is 39.2 Å². The fourth-order valence-electron chi connectivity index (χ4n) is 1.76. The van der Waals surface area contributed by atoms with Crippen molar-refractivity contribution < 1.29 is 9.53 Å².